The van der Waals surface area contributed by atoms with Crippen molar-refractivity contribution in [2.45, 2.75) is 26.3 Å². The van der Waals surface area contributed by atoms with Crippen LogP contribution in [0.3, 0.4) is 0 Å². The molecule has 4 nitrogen and oxygen atoms in total. The molecule has 0 unspecified atom stereocenters. The van der Waals surface area contributed by atoms with Crippen LogP contribution in [0.1, 0.15) is 25.3 Å². The van der Waals surface area contributed by atoms with Gasteiger partial charge in [-0.2, -0.15) is 0 Å². The molecule has 1 aliphatic rings. The number of rotatable bonds is 5. The molecule has 1 atom stereocenters. The lowest BCUT2D eigenvalue weighted by molar-refractivity contribution is -0.150. The zero-order chi connectivity index (χ0) is 15.2. The Bertz CT molecular complexity index is 492. The number of nitrogens with zero attached hydrogens (tertiary/aromatic N) is 1. The van der Waals surface area contributed by atoms with Crippen LogP contribution in [0.4, 0.5) is 4.39 Å². The number of benzene rings is 1. The molecule has 5 heteroatoms. The van der Waals surface area contributed by atoms with Crippen molar-refractivity contribution in [2.75, 3.05) is 26.8 Å². The summed E-state index contributed by atoms with van der Waals surface area (Å²) in [6, 6.07) is 5.15. The van der Waals surface area contributed by atoms with E-state index in [4.69, 9.17) is 9.47 Å². The van der Waals surface area contributed by atoms with Crippen molar-refractivity contribution in [1.29, 1.82) is 0 Å². The Kier molecular flexibility index (Phi) is 5.56. The Hall–Kier alpha value is -1.62. The van der Waals surface area contributed by atoms with Gasteiger partial charge in [-0.05, 0) is 32.4 Å². The molecule has 1 heterocycles. The third-order valence-corrected chi connectivity index (χ3v) is 3.78. The molecule has 0 bridgehead atoms. The fourth-order valence-corrected chi connectivity index (χ4v) is 2.73. The lowest BCUT2D eigenvalue weighted by atomic mass is 9.97. The quantitative estimate of drug-likeness (QED) is 0.783. The van der Waals surface area contributed by atoms with Crippen LogP contribution >= 0.6 is 0 Å². The van der Waals surface area contributed by atoms with Crippen molar-refractivity contribution in [3.05, 3.63) is 29.6 Å². The number of carbonyl (C=O) groups is 1. The Morgan fingerprint density at radius 2 is 2.29 bits per heavy atom. The lowest BCUT2D eigenvalue weighted by Crippen LogP contribution is -2.39. The van der Waals surface area contributed by atoms with Gasteiger partial charge in [-0.1, -0.05) is 12.1 Å². The van der Waals surface area contributed by atoms with E-state index in [1.807, 2.05) is 6.92 Å². The third-order valence-electron chi connectivity index (χ3n) is 3.78. The summed E-state index contributed by atoms with van der Waals surface area (Å²) >= 11 is 0. The summed E-state index contributed by atoms with van der Waals surface area (Å²) in [5.74, 6) is -0.314. The minimum Gasteiger partial charge on any atom is -0.494 e. The van der Waals surface area contributed by atoms with Gasteiger partial charge < -0.3 is 9.47 Å². The molecule has 0 aliphatic carbocycles. The molecular formula is C16H22FNO3. The number of halogens is 1. The monoisotopic (exact) mass is 295 g/mol. The molecule has 1 aliphatic heterocycles. The van der Waals surface area contributed by atoms with Gasteiger partial charge in [0.2, 0.25) is 0 Å². The molecule has 0 N–H and O–H groups in total. The Labute approximate surface area is 124 Å². The van der Waals surface area contributed by atoms with Crippen LogP contribution in [-0.4, -0.2) is 37.7 Å². The Morgan fingerprint density at radius 3 is 3.00 bits per heavy atom. The van der Waals surface area contributed by atoms with Crippen molar-refractivity contribution in [3.8, 4) is 5.75 Å². The fraction of sp³-hybridized carbons (Fsp3) is 0.562. The topological polar surface area (TPSA) is 38.8 Å². The first kappa shape index (κ1) is 15.8. The van der Waals surface area contributed by atoms with Gasteiger partial charge in [-0.25, -0.2) is 4.39 Å². The highest BCUT2D eigenvalue weighted by molar-refractivity contribution is 5.72. The summed E-state index contributed by atoms with van der Waals surface area (Å²) < 4.78 is 24.2. The van der Waals surface area contributed by atoms with Gasteiger partial charge in [0.1, 0.15) is 0 Å². The molecule has 0 aromatic heterocycles. The number of ether oxygens (including phenoxy) is 2. The second-order valence-corrected chi connectivity index (χ2v) is 5.26. The van der Waals surface area contributed by atoms with Crippen molar-refractivity contribution >= 4 is 5.97 Å². The lowest BCUT2D eigenvalue weighted by Gasteiger charge is -2.31. The smallest absolute Gasteiger partial charge is 0.310 e. The highest BCUT2D eigenvalue weighted by Gasteiger charge is 2.27. The summed E-state index contributed by atoms with van der Waals surface area (Å²) in [6.45, 7) is 4.19. The summed E-state index contributed by atoms with van der Waals surface area (Å²) in [5, 5.41) is 0. The molecular weight excluding hydrogens is 273 g/mol. The highest BCUT2D eigenvalue weighted by atomic mass is 19.1. The van der Waals surface area contributed by atoms with Crippen LogP contribution in [0.15, 0.2) is 18.2 Å². The standard InChI is InChI=1S/C16H22FNO3/c1-3-21-16(19)13-7-5-9-18(11-13)10-12-6-4-8-14(20-2)15(12)17/h4,6,8,13H,3,5,7,9-11H2,1-2H3/t13-/m1/s1. The predicted octanol–water partition coefficient (Wildman–Crippen LogP) is 2.61. The maximum Gasteiger partial charge on any atom is 0.310 e. The van der Waals surface area contributed by atoms with Gasteiger partial charge in [-0.15, -0.1) is 0 Å². The largest absolute Gasteiger partial charge is 0.494 e. The van der Waals surface area contributed by atoms with E-state index in [0.717, 1.165) is 19.4 Å². The van der Waals surface area contributed by atoms with Crippen LogP contribution in [0.25, 0.3) is 0 Å². The van der Waals surface area contributed by atoms with Crippen LogP contribution in [0.2, 0.25) is 0 Å². The number of hydrogen-bond acceptors (Lipinski definition) is 4. The summed E-state index contributed by atoms with van der Waals surface area (Å²) in [5.41, 5.74) is 0.596. The molecule has 1 aromatic carbocycles. The van der Waals surface area contributed by atoms with Crippen molar-refractivity contribution in [2.24, 2.45) is 5.92 Å². The normalized spacial score (nSPS) is 19.3. The van der Waals surface area contributed by atoms with Crippen LogP contribution in [0, 0.1) is 11.7 Å². The maximum absolute atomic E-state index is 14.2. The molecule has 1 aromatic rings. The first-order valence-corrected chi connectivity index (χ1v) is 7.36. The number of likely N-dealkylation sites (tertiary alicyclic amines) is 1. The van der Waals surface area contributed by atoms with Crippen LogP contribution in [-0.2, 0) is 16.1 Å². The van der Waals surface area contributed by atoms with Crippen molar-refractivity contribution in [1.82, 2.24) is 4.90 Å². The maximum atomic E-state index is 14.2. The molecule has 2 rings (SSSR count). The van der Waals surface area contributed by atoms with Crippen molar-refractivity contribution < 1.29 is 18.7 Å². The zero-order valence-electron chi connectivity index (χ0n) is 12.6. The number of carbonyl (C=O) groups excluding carboxylic acids is 1. The van der Waals surface area contributed by atoms with Gasteiger partial charge in [0.15, 0.2) is 11.6 Å². The van der Waals surface area contributed by atoms with E-state index in [1.165, 1.54) is 7.11 Å². The summed E-state index contributed by atoms with van der Waals surface area (Å²) in [7, 11) is 1.46. The zero-order valence-corrected chi connectivity index (χ0v) is 12.6. The molecule has 116 valence electrons. The van der Waals surface area contributed by atoms with E-state index in [-0.39, 0.29) is 23.5 Å². The van der Waals surface area contributed by atoms with Gasteiger partial charge in [-0.3, -0.25) is 9.69 Å². The first-order chi connectivity index (χ1) is 10.2. The Balaban J connectivity index is 2.01. The van der Waals surface area contributed by atoms with E-state index in [0.29, 0.717) is 25.3 Å². The average Bonchev–Trinajstić information content (AvgIpc) is 2.50. The molecule has 0 radical (unpaired) electrons. The number of esters is 1. The molecule has 0 amide bonds. The molecule has 1 fully saturated rings. The van der Waals surface area contributed by atoms with E-state index < -0.39 is 0 Å². The minimum absolute atomic E-state index is 0.104. The number of hydrogen-bond donors (Lipinski definition) is 0. The molecule has 0 spiro atoms. The van der Waals surface area contributed by atoms with Gasteiger partial charge in [0, 0.05) is 18.7 Å². The van der Waals surface area contributed by atoms with Crippen LogP contribution in [0.5, 0.6) is 5.75 Å². The third kappa shape index (κ3) is 3.94. The predicted molar refractivity (Wildman–Crippen MR) is 77.6 cm³/mol. The number of methoxy groups -OCH3 is 1. The van der Waals surface area contributed by atoms with Crippen molar-refractivity contribution in [3.63, 3.8) is 0 Å². The second kappa shape index (κ2) is 7.41. The summed E-state index contributed by atoms with van der Waals surface area (Å²) in [6.07, 6.45) is 1.77. The Morgan fingerprint density at radius 1 is 1.48 bits per heavy atom. The molecule has 0 saturated carbocycles. The van der Waals surface area contributed by atoms with Gasteiger partial charge in [0.25, 0.3) is 0 Å². The fourth-order valence-electron chi connectivity index (χ4n) is 2.73. The van der Waals surface area contributed by atoms with Crippen LogP contribution < -0.4 is 4.74 Å². The SMILES string of the molecule is CCOC(=O)[C@@H]1CCCN(Cc2cccc(OC)c2F)C1. The molecule has 21 heavy (non-hydrogen) atoms. The first-order valence-electron chi connectivity index (χ1n) is 7.36. The van der Waals surface area contributed by atoms with Gasteiger partial charge >= 0.3 is 5.97 Å². The highest BCUT2D eigenvalue weighted by Crippen LogP contribution is 2.24. The second-order valence-electron chi connectivity index (χ2n) is 5.26. The average molecular weight is 295 g/mol. The van der Waals surface area contributed by atoms with E-state index in [1.54, 1.807) is 18.2 Å². The van der Waals surface area contributed by atoms with E-state index >= 15 is 0 Å². The number of piperidine rings is 1. The van der Waals surface area contributed by atoms with Gasteiger partial charge in [0.05, 0.1) is 19.6 Å². The minimum atomic E-state index is -0.321. The summed E-state index contributed by atoms with van der Waals surface area (Å²) in [4.78, 5) is 13.9. The van der Waals surface area contributed by atoms with E-state index in [9.17, 15) is 9.18 Å². The van der Waals surface area contributed by atoms with E-state index in [2.05, 4.69) is 4.90 Å². The molecule has 1 saturated heterocycles.